The van der Waals surface area contributed by atoms with E-state index in [2.05, 4.69) is 25.8 Å². The van der Waals surface area contributed by atoms with Crippen LogP contribution in [-0.2, 0) is 4.79 Å². The molecule has 0 aliphatic heterocycles. The number of aromatic nitrogens is 3. The van der Waals surface area contributed by atoms with Gasteiger partial charge in [0.2, 0.25) is 11.8 Å². The van der Waals surface area contributed by atoms with E-state index in [1.54, 1.807) is 24.5 Å². The van der Waals surface area contributed by atoms with Crippen molar-refractivity contribution in [3.8, 4) is 11.5 Å². The number of aliphatic carboxylic acids is 1. The van der Waals surface area contributed by atoms with Crippen LogP contribution in [0.2, 0.25) is 0 Å². The van der Waals surface area contributed by atoms with Crippen LogP contribution in [0.25, 0.3) is 11.5 Å². The van der Waals surface area contributed by atoms with E-state index in [1.165, 1.54) is 6.92 Å². The number of rotatable bonds is 7. The molecular weight excluding hydrogens is 342 g/mol. The number of carboxylic acids is 1. The third-order valence-electron chi connectivity index (χ3n) is 3.62. The summed E-state index contributed by atoms with van der Waals surface area (Å²) in [7, 11) is 0. The van der Waals surface area contributed by atoms with Gasteiger partial charge in [-0.3, -0.25) is 4.98 Å². The van der Waals surface area contributed by atoms with Gasteiger partial charge >= 0.3 is 12.0 Å². The number of urea groups is 1. The maximum Gasteiger partial charge on any atom is 0.328 e. The summed E-state index contributed by atoms with van der Waals surface area (Å²) in [5.41, 5.74) is 0.686. The molecule has 2 aromatic rings. The molecule has 2 amide bonds. The van der Waals surface area contributed by atoms with E-state index in [1.807, 2.05) is 13.8 Å². The normalized spacial score (nSPS) is 14.5. The second-order valence-electron chi connectivity index (χ2n) is 6.08. The van der Waals surface area contributed by atoms with Crippen molar-refractivity contribution in [3.63, 3.8) is 0 Å². The van der Waals surface area contributed by atoms with Crippen molar-refractivity contribution in [2.75, 3.05) is 0 Å². The summed E-state index contributed by atoms with van der Waals surface area (Å²) in [5, 5.41) is 31.2. The van der Waals surface area contributed by atoms with Crippen LogP contribution in [0.1, 0.15) is 32.7 Å². The van der Waals surface area contributed by atoms with Gasteiger partial charge in [0.25, 0.3) is 0 Å². The van der Waals surface area contributed by atoms with Gasteiger partial charge in [-0.2, -0.15) is 0 Å². The molecule has 4 N–H and O–H groups in total. The largest absolute Gasteiger partial charge is 0.480 e. The third-order valence-corrected chi connectivity index (χ3v) is 3.62. The Morgan fingerprint density at radius 1 is 1.12 bits per heavy atom. The number of carboxylic acid groups (broad SMARTS) is 1. The van der Waals surface area contributed by atoms with Crippen LogP contribution in [0.3, 0.4) is 0 Å². The molecule has 0 aliphatic rings. The summed E-state index contributed by atoms with van der Waals surface area (Å²) < 4.78 is 5.64. The van der Waals surface area contributed by atoms with E-state index in [0.717, 1.165) is 0 Å². The summed E-state index contributed by atoms with van der Waals surface area (Å²) >= 11 is 0. The van der Waals surface area contributed by atoms with Crippen molar-refractivity contribution < 1.29 is 24.2 Å². The number of aliphatic hydroxyl groups is 1. The first-order chi connectivity index (χ1) is 12.3. The molecule has 3 atom stereocenters. The molecule has 10 nitrogen and oxygen atoms in total. The lowest BCUT2D eigenvalue weighted by molar-refractivity contribution is -0.141. The Hall–Kier alpha value is -3.01. The first-order valence-corrected chi connectivity index (χ1v) is 8.01. The van der Waals surface area contributed by atoms with Gasteiger partial charge in [0.05, 0.1) is 6.10 Å². The Balaban J connectivity index is 2.13. The fourth-order valence-corrected chi connectivity index (χ4v) is 2.20. The Morgan fingerprint density at radius 2 is 1.77 bits per heavy atom. The molecule has 2 heterocycles. The number of aliphatic hydroxyl groups excluding tert-OH is 1. The number of pyridine rings is 1. The van der Waals surface area contributed by atoms with Crippen molar-refractivity contribution in [1.29, 1.82) is 0 Å². The molecule has 2 aromatic heterocycles. The Bertz CT molecular complexity index is 746. The van der Waals surface area contributed by atoms with Crippen LogP contribution in [0.4, 0.5) is 4.79 Å². The van der Waals surface area contributed by atoms with Crippen molar-refractivity contribution >= 4 is 12.0 Å². The molecule has 0 aliphatic carbocycles. The zero-order valence-electron chi connectivity index (χ0n) is 14.6. The van der Waals surface area contributed by atoms with E-state index in [-0.39, 0.29) is 17.7 Å². The van der Waals surface area contributed by atoms with E-state index >= 15 is 0 Å². The average Bonchev–Trinajstić information content (AvgIpc) is 3.07. The van der Waals surface area contributed by atoms with Crippen LogP contribution >= 0.6 is 0 Å². The van der Waals surface area contributed by atoms with Crippen molar-refractivity contribution in [1.82, 2.24) is 25.8 Å². The SMILES string of the molecule is CC(O)[C@H](NC(=O)N[C@H](c1nnc(-c2ccncc2)o1)C(C)C)C(=O)O. The maximum absolute atomic E-state index is 12.1. The van der Waals surface area contributed by atoms with Crippen LogP contribution in [-0.4, -0.2) is 49.5 Å². The minimum Gasteiger partial charge on any atom is -0.480 e. The second kappa shape index (κ2) is 8.39. The smallest absolute Gasteiger partial charge is 0.328 e. The highest BCUT2D eigenvalue weighted by Gasteiger charge is 2.29. The third kappa shape index (κ3) is 4.76. The summed E-state index contributed by atoms with van der Waals surface area (Å²) in [5.74, 6) is -0.983. The molecule has 0 fully saturated rings. The topological polar surface area (TPSA) is 150 Å². The highest BCUT2D eigenvalue weighted by atomic mass is 16.4. The minimum atomic E-state index is -1.43. The summed E-state index contributed by atoms with van der Waals surface area (Å²) in [6.07, 6.45) is 1.93. The molecule has 0 radical (unpaired) electrons. The summed E-state index contributed by atoms with van der Waals surface area (Å²) in [6.45, 7) is 4.95. The molecule has 1 unspecified atom stereocenters. The number of amides is 2. The highest BCUT2D eigenvalue weighted by molar-refractivity contribution is 5.83. The zero-order valence-corrected chi connectivity index (χ0v) is 14.6. The van der Waals surface area contributed by atoms with E-state index < -0.39 is 30.2 Å². The fourth-order valence-electron chi connectivity index (χ4n) is 2.20. The lowest BCUT2D eigenvalue weighted by Crippen LogP contribution is -2.52. The first kappa shape index (κ1) is 19.3. The first-order valence-electron chi connectivity index (χ1n) is 8.01. The lowest BCUT2D eigenvalue weighted by Gasteiger charge is -2.22. The molecule has 0 bridgehead atoms. The molecule has 2 rings (SSSR count). The zero-order chi connectivity index (χ0) is 19.3. The van der Waals surface area contributed by atoms with Crippen LogP contribution in [0.15, 0.2) is 28.9 Å². The standard InChI is InChI=1S/C16H21N5O5/c1-8(2)11(18-16(25)19-12(9(3)22)15(23)24)14-21-20-13(26-14)10-4-6-17-7-5-10/h4-9,11-12,22H,1-3H3,(H,23,24)(H2,18,19,25)/t9?,11-,12-/m0/s1. The van der Waals surface area contributed by atoms with E-state index in [0.29, 0.717) is 5.56 Å². The van der Waals surface area contributed by atoms with Crippen molar-refractivity contribution in [2.45, 2.75) is 39.0 Å². The molecular formula is C16H21N5O5. The molecule has 0 aromatic carbocycles. The van der Waals surface area contributed by atoms with Gasteiger partial charge < -0.3 is 25.3 Å². The molecule has 26 heavy (non-hydrogen) atoms. The Morgan fingerprint density at radius 3 is 2.31 bits per heavy atom. The van der Waals surface area contributed by atoms with Gasteiger partial charge in [-0.1, -0.05) is 13.8 Å². The average molecular weight is 363 g/mol. The fraction of sp³-hybridized carbons (Fsp3) is 0.438. The predicted octanol–water partition coefficient (Wildman–Crippen LogP) is 0.962. The van der Waals surface area contributed by atoms with E-state index in [4.69, 9.17) is 9.52 Å². The second-order valence-corrected chi connectivity index (χ2v) is 6.08. The van der Waals surface area contributed by atoms with E-state index in [9.17, 15) is 14.7 Å². The molecule has 140 valence electrons. The Kier molecular flexibility index (Phi) is 6.23. The summed E-state index contributed by atoms with van der Waals surface area (Å²) in [4.78, 5) is 27.1. The maximum atomic E-state index is 12.1. The van der Waals surface area contributed by atoms with Crippen LogP contribution in [0.5, 0.6) is 0 Å². The summed E-state index contributed by atoms with van der Waals surface area (Å²) in [6, 6.07) is 0.587. The van der Waals surface area contributed by atoms with Crippen molar-refractivity contribution in [3.05, 3.63) is 30.4 Å². The molecule has 10 heteroatoms. The van der Waals surface area contributed by atoms with Gasteiger partial charge in [0, 0.05) is 18.0 Å². The number of carbonyl (C=O) groups is 2. The molecule has 0 spiro atoms. The van der Waals surface area contributed by atoms with Gasteiger partial charge in [-0.25, -0.2) is 9.59 Å². The van der Waals surface area contributed by atoms with Gasteiger partial charge in [-0.05, 0) is 25.0 Å². The number of nitrogens with one attached hydrogen (secondary N) is 2. The molecule has 0 saturated carbocycles. The number of hydrogen-bond acceptors (Lipinski definition) is 7. The van der Waals surface area contributed by atoms with Gasteiger partial charge in [0.15, 0.2) is 6.04 Å². The number of carbonyl (C=O) groups excluding carboxylic acids is 1. The molecule has 0 saturated heterocycles. The van der Waals surface area contributed by atoms with Gasteiger partial charge in [0.1, 0.15) is 6.04 Å². The number of hydrogen-bond donors (Lipinski definition) is 4. The quantitative estimate of drug-likeness (QED) is 0.568. The van der Waals surface area contributed by atoms with Crippen LogP contribution < -0.4 is 10.6 Å². The Labute approximate surface area is 149 Å². The van der Waals surface area contributed by atoms with Gasteiger partial charge in [-0.15, -0.1) is 10.2 Å². The predicted molar refractivity (Wildman–Crippen MR) is 89.9 cm³/mol. The lowest BCUT2D eigenvalue weighted by atomic mass is 10.0. The minimum absolute atomic E-state index is 0.110. The number of nitrogens with zero attached hydrogens (tertiary/aromatic N) is 3. The van der Waals surface area contributed by atoms with Crippen LogP contribution in [0, 0.1) is 5.92 Å². The highest BCUT2D eigenvalue weighted by Crippen LogP contribution is 2.24. The van der Waals surface area contributed by atoms with Crippen molar-refractivity contribution in [2.24, 2.45) is 5.92 Å². The monoisotopic (exact) mass is 363 g/mol.